The van der Waals surface area contributed by atoms with Crippen molar-refractivity contribution in [3.63, 3.8) is 0 Å². The molecule has 0 saturated carbocycles. The summed E-state index contributed by atoms with van der Waals surface area (Å²) in [6.45, 7) is 7.56. The van der Waals surface area contributed by atoms with Crippen molar-refractivity contribution >= 4 is 0 Å². The van der Waals surface area contributed by atoms with Crippen molar-refractivity contribution in [1.82, 2.24) is 4.90 Å². The lowest BCUT2D eigenvalue weighted by Gasteiger charge is -2.47. The van der Waals surface area contributed by atoms with Gasteiger partial charge in [0.2, 0.25) is 0 Å². The molecule has 1 aliphatic rings. The van der Waals surface area contributed by atoms with Crippen molar-refractivity contribution in [2.24, 2.45) is 5.73 Å². The van der Waals surface area contributed by atoms with Gasteiger partial charge in [-0.2, -0.15) is 0 Å². The van der Waals surface area contributed by atoms with Gasteiger partial charge in [0.15, 0.2) is 0 Å². The van der Waals surface area contributed by atoms with Gasteiger partial charge in [0.1, 0.15) is 0 Å². The van der Waals surface area contributed by atoms with Crippen LogP contribution in [0.5, 0.6) is 0 Å². The fourth-order valence-electron chi connectivity index (χ4n) is 1.86. The molecule has 0 radical (unpaired) electrons. The minimum Gasteiger partial charge on any atom is -0.382 e. The predicted molar refractivity (Wildman–Crippen MR) is 61.0 cm³/mol. The molecule has 4 nitrogen and oxygen atoms in total. The molecule has 15 heavy (non-hydrogen) atoms. The summed E-state index contributed by atoms with van der Waals surface area (Å²) in [5.41, 5.74) is 6.17. The Labute approximate surface area is 92.7 Å². The van der Waals surface area contributed by atoms with Gasteiger partial charge in [-0.1, -0.05) is 6.92 Å². The number of rotatable bonds is 8. The third-order valence-corrected chi connectivity index (χ3v) is 2.98. The number of nitrogens with two attached hydrogens (primary N) is 1. The summed E-state index contributed by atoms with van der Waals surface area (Å²) >= 11 is 0. The molecule has 1 rings (SSSR count). The lowest BCUT2D eigenvalue weighted by Crippen LogP contribution is -2.66. The second kappa shape index (κ2) is 6.43. The van der Waals surface area contributed by atoms with Crippen LogP contribution in [0.25, 0.3) is 0 Å². The number of ether oxygens (including phenoxy) is 2. The van der Waals surface area contributed by atoms with Crippen LogP contribution in [-0.4, -0.2) is 57.0 Å². The summed E-state index contributed by atoms with van der Waals surface area (Å²) in [5.74, 6) is 0. The standard InChI is InChI=1S/C11H24N2O2/c1-3-11(12)9-13(10-11)5-4-6-15-8-7-14-2/h3-10,12H2,1-2H3. The summed E-state index contributed by atoms with van der Waals surface area (Å²) in [6, 6.07) is 0. The fraction of sp³-hybridized carbons (Fsp3) is 1.00. The van der Waals surface area contributed by atoms with Crippen molar-refractivity contribution < 1.29 is 9.47 Å². The molecule has 90 valence electrons. The normalized spacial score (nSPS) is 20.2. The van der Waals surface area contributed by atoms with Crippen LogP contribution >= 0.6 is 0 Å². The molecule has 0 amide bonds. The Kier molecular flexibility index (Phi) is 5.53. The van der Waals surface area contributed by atoms with Gasteiger partial charge < -0.3 is 15.2 Å². The van der Waals surface area contributed by atoms with E-state index in [-0.39, 0.29) is 5.54 Å². The molecule has 1 aliphatic heterocycles. The van der Waals surface area contributed by atoms with E-state index in [9.17, 15) is 0 Å². The number of methoxy groups -OCH3 is 1. The van der Waals surface area contributed by atoms with Crippen LogP contribution in [-0.2, 0) is 9.47 Å². The summed E-state index contributed by atoms with van der Waals surface area (Å²) in [5, 5.41) is 0. The summed E-state index contributed by atoms with van der Waals surface area (Å²) in [7, 11) is 1.69. The SMILES string of the molecule is CCC1(N)CN(CCCOCCOC)C1. The van der Waals surface area contributed by atoms with Crippen molar-refractivity contribution in [2.75, 3.05) is 46.6 Å². The van der Waals surface area contributed by atoms with Gasteiger partial charge in [0.25, 0.3) is 0 Å². The number of hydrogen-bond acceptors (Lipinski definition) is 4. The molecule has 1 saturated heterocycles. The first-order chi connectivity index (χ1) is 7.20. The zero-order chi connectivity index (χ0) is 11.1. The van der Waals surface area contributed by atoms with E-state index in [4.69, 9.17) is 15.2 Å². The Bertz CT molecular complexity index is 170. The van der Waals surface area contributed by atoms with Crippen LogP contribution in [0.15, 0.2) is 0 Å². The highest BCUT2D eigenvalue weighted by Crippen LogP contribution is 2.20. The third kappa shape index (κ3) is 4.47. The van der Waals surface area contributed by atoms with Gasteiger partial charge in [-0.15, -0.1) is 0 Å². The Balaban J connectivity index is 1.86. The maximum absolute atomic E-state index is 6.07. The van der Waals surface area contributed by atoms with E-state index in [0.717, 1.165) is 39.1 Å². The highest BCUT2D eigenvalue weighted by molar-refractivity contribution is 4.98. The van der Waals surface area contributed by atoms with E-state index in [1.165, 1.54) is 0 Å². The minimum atomic E-state index is 0.0942. The van der Waals surface area contributed by atoms with Crippen molar-refractivity contribution in [1.29, 1.82) is 0 Å². The molecule has 0 atom stereocenters. The Morgan fingerprint density at radius 1 is 1.27 bits per heavy atom. The first kappa shape index (κ1) is 12.9. The lowest BCUT2D eigenvalue weighted by molar-refractivity contribution is 0.0401. The average molecular weight is 216 g/mol. The van der Waals surface area contributed by atoms with Crippen LogP contribution in [0.2, 0.25) is 0 Å². The molecule has 0 spiro atoms. The van der Waals surface area contributed by atoms with Gasteiger partial charge in [0, 0.05) is 38.9 Å². The highest BCUT2D eigenvalue weighted by Gasteiger charge is 2.36. The summed E-state index contributed by atoms with van der Waals surface area (Å²) < 4.78 is 10.3. The van der Waals surface area contributed by atoms with E-state index in [2.05, 4.69) is 11.8 Å². The first-order valence-corrected chi connectivity index (χ1v) is 5.78. The zero-order valence-electron chi connectivity index (χ0n) is 10.00. The Hall–Kier alpha value is -0.160. The fourth-order valence-corrected chi connectivity index (χ4v) is 1.86. The Morgan fingerprint density at radius 2 is 2.00 bits per heavy atom. The van der Waals surface area contributed by atoms with Crippen LogP contribution in [0.4, 0.5) is 0 Å². The van der Waals surface area contributed by atoms with E-state index < -0.39 is 0 Å². The van der Waals surface area contributed by atoms with Gasteiger partial charge in [-0.25, -0.2) is 0 Å². The molecule has 0 aromatic heterocycles. The lowest BCUT2D eigenvalue weighted by atomic mass is 9.88. The molecule has 1 heterocycles. The summed E-state index contributed by atoms with van der Waals surface area (Å²) in [4.78, 5) is 2.39. The average Bonchev–Trinajstić information content (AvgIpc) is 2.20. The van der Waals surface area contributed by atoms with E-state index in [0.29, 0.717) is 13.2 Å². The second-order valence-electron chi connectivity index (χ2n) is 4.39. The Morgan fingerprint density at radius 3 is 2.60 bits per heavy atom. The molecule has 2 N–H and O–H groups in total. The van der Waals surface area contributed by atoms with Crippen molar-refractivity contribution in [3.8, 4) is 0 Å². The van der Waals surface area contributed by atoms with Crippen LogP contribution < -0.4 is 5.73 Å². The topological polar surface area (TPSA) is 47.7 Å². The molecule has 0 aromatic carbocycles. The monoisotopic (exact) mass is 216 g/mol. The molecule has 0 aromatic rings. The smallest absolute Gasteiger partial charge is 0.0700 e. The van der Waals surface area contributed by atoms with Gasteiger partial charge >= 0.3 is 0 Å². The van der Waals surface area contributed by atoms with Gasteiger partial charge in [-0.3, -0.25) is 4.90 Å². The maximum atomic E-state index is 6.07. The van der Waals surface area contributed by atoms with Gasteiger partial charge in [0.05, 0.1) is 13.2 Å². The van der Waals surface area contributed by atoms with E-state index in [1.807, 2.05) is 0 Å². The molecule has 0 bridgehead atoms. The van der Waals surface area contributed by atoms with Crippen LogP contribution in [0, 0.1) is 0 Å². The minimum absolute atomic E-state index is 0.0942. The van der Waals surface area contributed by atoms with Gasteiger partial charge in [-0.05, 0) is 12.8 Å². The highest BCUT2D eigenvalue weighted by atomic mass is 16.5. The largest absolute Gasteiger partial charge is 0.382 e. The zero-order valence-corrected chi connectivity index (χ0v) is 10.00. The molecular formula is C11H24N2O2. The van der Waals surface area contributed by atoms with Crippen LogP contribution in [0.1, 0.15) is 19.8 Å². The summed E-state index contributed by atoms with van der Waals surface area (Å²) in [6.07, 6.45) is 2.16. The molecule has 0 aliphatic carbocycles. The molecule has 0 unspecified atom stereocenters. The maximum Gasteiger partial charge on any atom is 0.0700 e. The van der Waals surface area contributed by atoms with Crippen molar-refractivity contribution in [3.05, 3.63) is 0 Å². The van der Waals surface area contributed by atoms with E-state index >= 15 is 0 Å². The quantitative estimate of drug-likeness (QED) is 0.599. The van der Waals surface area contributed by atoms with Crippen LogP contribution in [0.3, 0.4) is 0 Å². The molecule has 1 fully saturated rings. The first-order valence-electron chi connectivity index (χ1n) is 5.78. The second-order valence-corrected chi connectivity index (χ2v) is 4.39. The number of nitrogens with zero attached hydrogens (tertiary/aromatic N) is 1. The van der Waals surface area contributed by atoms with Crippen molar-refractivity contribution in [2.45, 2.75) is 25.3 Å². The van der Waals surface area contributed by atoms with E-state index in [1.54, 1.807) is 7.11 Å². The number of likely N-dealkylation sites (tertiary alicyclic amines) is 1. The molecule has 4 heteroatoms. The predicted octanol–water partition coefficient (Wildman–Crippen LogP) is 0.463. The third-order valence-electron chi connectivity index (χ3n) is 2.98. The number of hydrogen-bond donors (Lipinski definition) is 1. The molecular weight excluding hydrogens is 192 g/mol.